The summed E-state index contributed by atoms with van der Waals surface area (Å²) in [5, 5.41) is 3.56. The first-order chi connectivity index (χ1) is 11.6. The highest BCUT2D eigenvalue weighted by Crippen LogP contribution is 2.35. The van der Waals surface area contributed by atoms with Crippen molar-refractivity contribution >= 4 is 23.3 Å². The standard InChI is InChI=1S/C18H18ClN3O2/c19-14-4-6-15(7-5-14)20-18(24)21-9-12-8-13(11-21)16-2-1-3-17(23)22(16)10-12/h1-7,12-13H,8-11H2,(H,20,24)/t12-,13+/m1/s1. The summed E-state index contributed by atoms with van der Waals surface area (Å²) in [5.74, 6) is 0.551. The van der Waals surface area contributed by atoms with E-state index in [1.807, 2.05) is 15.5 Å². The molecule has 2 amide bonds. The molecule has 1 fully saturated rings. The van der Waals surface area contributed by atoms with Crippen LogP contribution in [0.25, 0.3) is 0 Å². The van der Waals surface area contributed by atoms with E-state index in [-0.39, 0.29) is 17.5 Å². The van der Waals surface area contributed by atoms with Crippen LogP contribution in [0.2, 0.25) is 5.02 Å². The van der Waals surface area contributed by atoms with Crippen molar-refractivity contribution in [2.75, 3.05) is 18.4 Å². The Morgan fingerprint density at radius 3 is 2.67 bits per heavy atom. The van der Waals surface area contributed by atoms with E-state index in [1.165, 1.54) is 0 Å². The van der Waals surface area contributed by atoms with Crippen molar-refractivity contribution in [2.24, 2.45) is 5.92 Å². The lowest BCUT2D eigenvalue weighted by Crippen LogP contribution is -2.50. The summed E-state index contributed by atoms with van der Waals surface area (Å²) in [6.07, 6.45) is 1.04. The van der Waals surface area contributed by atoms with Gasteiger partial charge in [-0.25, -0.2) is 4.79 Å². The summed E-state index contributed by atoms with van der Waals surface area (Å²) in [6, 6.07) is 12.4. The summed E-state index contributed by atoms with van der Waals surface area (Å²) in [5.41, 5.74) is 1.83. The topological polar surface area (TPSA) is 54.3 Å². The van der Waals surface area contributed by atoms with Crippen LogP contribution in [-0.4, -0.2) is 28.6 Å². The third-order valence-electron chi connectivity index (χ3n) is 4.86. The molecule has 2 aliphatic rings. The number of aromatic nitrogens is 1. The number of amides is 2. The van der Waals surface area contributed by atoms with Crippen LogP contribution in [0.5, 0.6) is 0 Å². The number of carbonyl (C=O) groups is 1. The maximum absolute atomic E-state index is 12.6. The van der Waals surface area contributed by atoms with E-state index in [1.54, 1.807) is 36.4 Å². The average molecular weight is 344 g/mol. The number of benzene rings is 1. The van der Waals surface area contributed by atoms with Gasteiger partial charge in [0.1, 0.15) is 0 Å². The fourth-order valence-corrected chi connectivity index (χ4v) is 3.92. The second kappa shape index (κ2) is 5.98. The second-order valence-corrected chi connectivity index (χ2v) is 6.98. The number of halogens is 1. The van der Waals surface area contributed by atoms with Crippen LogP contribution >= 0.6 is 11.6 Å². The van der Waals surface area contributed by atoms with E-state index >= 15 is 0 Å². The quantitative estimate of drug-likeness (QED) is 0.864. The van der Waals surface area contributed by atoms with Crippen molar-refractivity contribution < 1.29 is 4.79 Å². The van der Waals surface area contributed by atoms with Gasteiger partial charge in [-0.05, 0) is 42.7 Å². The molecule has 5 nitrogen and oxygen atoms in total. The summed E-state index contributed by atoms with van der Waals surface area (Å²) in [4.78, 5) is 26.5. The van der Waals surface area contributed by atoms with E-state index in [0.717, 1.165) is 17.8 Å². The molecule has 0 aliphatic carbocycles. The molecule has 2 aromatic rings. The predicted molar refractivity (Wildman–Crippen MR) is 93.6 cm³/mol. The number of pyridine rings is 1. The Morgan fingerprint density at radius 1 is 1.08 bits per heavy atom. The van der Waals surface area contributed by atoms with Crippen molar-refractivity contribution in [2.45, 2.75) is 18.9 Å². The molecule has 4 rings (SSSR count). The molecule has 0 radical (unpaired) electrons. The van der Waals surface area contributed by atoms with Crippen LogP contribution in [-0.2, 0) is 6.54 Å². The number of hydrogen-bond acceptors (Lipinski definition) is 2. The Morgan fingerprint density at radius 2 is 1.88 bits per heavy atom. The highest BCUT2D eigenvalue weighted by atomic mass is 35.5. The molecule has 0 saturated carbocycles. The van der Waals surface area contributed by atoms with Crippen molar-refractivity contribution in [1.29, 1.82) is 0 Å². The first-order valence-electron chi connectivity index (χ1n) is 8.11. The Kier molecular flexibility index (Phi) is 3.81. The number of urea groups is 1. The van der Waals surface area contributed by atoms with Gasteiger partial charge in [-0.1, -0.05) is 17.7 Å². The molecule has 1 N–H and O–H groups in total. The van der Waals surface area contributed by atoms with Crippen LogP contribution in [0.3, 0.4) is 0 Å². The molecule has 2 bridgehead atoms. The van der Waals surface area contributed by atoms with E-state index in [4.69, 9.17) is 11.6 Å². The largest absolute Gasteiger partial charge is 0.324 e. The highest BCUT2D eigenvalue weighted by Gasteiger charge is 2.36. The molecule has 0 spiro atoms. The minimum atomic E-state index is -0.0984. The number of likely N-dealkylation sites (tertiary alicyclic amines) is 1. The Labute approximate surface area is 144 Å². The minimum Gasteiger partial charge on any atom is -0.324 e. The summed E-state index contributed by atoms with van der Waals surface area (Å²) >= 11 is 5.87. The fraction of sp³-hybridized carbons (Fsp3) is 0.333. The van der Waals surface area contributed by atoms with Gasteiger partial charge in [0.15, 0.2) is 0 Å². The molecule has 2 aliphatic heterocycles. The first-order valence-corrected chi connectivity index (χ1v) is 8.49. The Balaban J connectivity index is 1.52. The molecule has 0 unspecified atom stereocenters. The van der Waals surface area contributed by atoms with Crippen LogP contribution < -0.4 is 10.9 Å². The van der Waals surface area contributed by atoms with E-state index < -0.39 is 0 Å². The van der Waals surface area contributed by atoms with Crippen molar-refractivity contribution in [3.05, 3.63) is 63.5 Å². The molecule has 6 heteroatoms. The zero-order valence-corrected chi connectivity index (χ0v) is 13.9. The maximum Gasteiger partial charge on any atom is 0.321 e. The van der Waals surface area contributed by atoms with Gasteiger partial charge in [0.2, 0.25) is 0 Å². The number of nitrogens with one attached hydrogen (secondary N) is 1. The molecule has 2 atom stereocenters. The maximum atomic E-state index is 12.6. The van der Waals surface area contributed by atoms with Crippen LogP contribution in [0.1, 0.15) is 18.0 Å². The number of rotatable bonds is 1. The highest BCUT2D eigenvalue weighted by molar-refractivity contribution is 6.30. The number of nitrogens with zero attached hydrogens (tertiary/aromatic N) is 2. The summed E-state index contributed by atoms with van der Waals surface area (Å²) < 4.78 is 1.87. The van der Waals surface area contributed by atoms with Gasteiger partial charge < -0.3 is 14.8 Å². The lowest BCUT2D eigenvalue weighted by atomic mass is 9.83. The summed E-state index contributed by atoms with van der Waals surface area (Å²) in [6.45, 7) is 2.01. The number of hydrogen-bond donors (Lipinski definition) is 1. The van der Waals surface area contributed by atoms with Gasteiger partial charge in [-0.15, -0.1) is 0 Å². The molecule has 1 aromatic heterocycles. The molecule has 3 heterocycles. The van der Waals surface area contributed by atoms with E-state index in [9.17, 15) is 9.59 Å². The number of piperidine rings is 1. The zero-order valence-electron chi connectivity index (χ0n) is 13.1. The molecule has 1 saturated heterocycles. The van der Waals surface area contributed by atoms with Crippen molar-refractivity contribution in [3.63, 3.8) is 0 Å². The summed E-state index contributed by atoms with van der Waals surface area (Å²) in [7, 11) is 0. The lowest BCUT2D eigenvalue weighted by molar-refractivity contribution is 0.139. The van der Waals surface area contributed by atoms with E-state index in [2.05, 4.69) is 5.32 Å². The number of carbonyl (C=O) groups excluding carboxylic acids is 1. The van der Waals surface area contributed by atoms with E-state index in [0.29, 0.717) is 30.6 Å². The fourth-order valence-electron chi connectivity index (χ4n) is 3.80. The normalized spacial score (nSPS) is 22.0. The zero-order chi connectivity index (χ0) is 16.7. The van der Waals surface area contributed by atoms with Crippen LogP contribution in [0.4, 0.5) is 10.5 Å². The van der Waals surface area contributed by atoms with Crippen molar-refractivity contribution in [3.8, 4) is 0 Å². The van der Waals surface area contributed by atoms with Gasteiger partial charge in [0.25, 0.3) is 5.56 Å². The minimum absolute atomic E-state index is 0.0567. The average Bonchev–Trinajstić information content (AvgIpc) is 2.58. The third-order valence-corrected chi connectivity index (χ3v) is 5.11. The van der Waals surface area contributed by atoms with Gasteiger partial charge in [-0.3, -0.25) is 4.79 Å². The number of anilines is 1. The number of fused-ring (bicyclic) bond motifs is 4. The van der Waals surface area contributed by atoms with Crippen molar-refractivity contribution in [1.82, 2.24) is 9.47 Å². The lowest BCUT2D eigenvalue weighted by Gasteiger charge is -2.42. The third kappa shape index (κ3) is 2.80. The van der Waals surface area contributed by atoms with Gasteiger partial charge in [-0.2, -0.15) is 0 Å². The van der Waals surface area contributed by atoms with Gasteiger partial charge in [0.05, 0.1) is 0 Å². The Hall–Kier alpha value is -2.27. The molecular formula is C18H18ClN3O2. The molecule has 124 valence electrons. The molecular weight excluding hydrogens is 326 g/mol. The predicted octanol–water partition coefficient (Wildman–Crippen LogP) is 3.15. The monoisotopic (exact) mass is 343 g/mol. The van der Waals surface area contributed by atoms with Gasteiger partial charge >= 0.3 is 6.03 Å². The molecule has 24 heavy (non-hydrogen) atoms. The smallest absolute Gasteiger partial charge is 0.321 e. The Bertz CT molecular complexity index is 831. The first kappa shape index (κ1) is 15.3. The SMILES string of the molecule is O=C(Nc1ccc(Cl)cc1)N1C[C@H]2C[C@@H](C1)c1cccc(=O)n1C2. The van der Waals surface area contributed by atoms with Crippen LogP contribution in [0.15, 0.2) is 47.3 Å². The van der Waals surface area contributed by atoms with Crippen LogP contribution in [0, 0.1) is 5.92 Å². The van der Waals surface area contributed by atoms with Gasteiger partial charge in [0, 0.05) is 48.0 Å². The molecule has 1 aromatic carbocycles. The second-order valence-electron chi connectivity index (χ2n) is 6.54.